The molecule has 2 N–H and O–H groups in total. The molecule has 24 heavy (non-hydrogen) atoms. The van der Waals surface area contributed by atoms with Crippen LogP contribution in [-0.4, -0.2) is 51.2 Å². The number of aliphatic hydroxyl groups excluding tert-OH is 1. The first-order valence-corrected chi connectivity index (χ1v) is 8.19. The fraction of sp³-hybridized carbons (Fsp3) is 0.444. The summed E-state index contributed by atoms with van der Waals surface area (Å²) in [5, 5.41) is 18.8. The van der Waals surface area contributed by atoms with Crippen LogP contribution in [0.2, 0.25) is 0 Å². The second-order valence-electron chi connectivity index (χ2n) is 6.50. The van der Waals surface area contributed by atoms with Crippen LogP contribution in [0, 0.1) is 12.3 Å². The number of nitrogens with zero attached hydrogens (tertiary/aromatic N) is 3. The lowest BCUT2D eigenvalue weighted by Gasteiger charge is -2.19. The smallest absolute Gasteiger partial charge is 0.148 e. The lowest BCUT2D eigenvalue weighted by molar-refractivity contribution is 0.0705. The number of amidine groups is 1. The Morgan fingerprint density at radius 2 is 2.12 bits per heavy atom. The number of nitrogens with one attached hydrogen (secondary N) is 1. The van der Waals surface area contributed by atoms with Crippen LogP contribution in [0.4, 0.5) is 0 Å². The summed E-state index contributed by atoms with van der Waals surface area (Å²) in [6.45, 7) is 7.43. The molecule has 3 rings (SSSR count). The minimum Gasteiger partial charge on any atom is -0.510 e. The number of aromatic nitrogens is 2. The van der Waals surface area contributed by atoms with Gasteiger partial charge in [-0.05, 0) is 38.5 Å². The Morgan fingerprint density at radius 3 is 2.83 bits per heavy atom. The number of aliphatic hydroxyl groups is 1. The largest absolute Gasteiger partial charge is 0.510 e. The minimum absolute atomic E-state index is 0.158. The molecule has 128 valence electrons. The van der Waals surface area contributed by atoms with Crippen molar-refractivity contribution in [3.8, 4) is 0 Å². The Bertz CT molecular complexity index is 820. The normalized spacial score (nSPS) is 15.4. The molecular formula is C18H24N4O2. The molecule has 6 heteroatoms. The van der Waals surface area contributed by atoms with Crippen molar-refractivity contribution in [2.45, 2.75) is 26.9 Å². The van der Waals surface area contributed by atoms with E-state index in [2.05, 4.69) is 4.98 Å². The van der Waals surface area contributed by atoms with Crippen LogP contribution in [0.3, 0.4) is 0 Å². The van der Waals surface area contributed by atoms with Crippen molar-refractivity contribution in [1.29, 1.82) is 5.41 Å². The van der Waals surface area contributed by atoms with E-state index in [1.807, 2.05) is 55.5 Å². The van der Waals surface area contributed by atoms with Crippen molar-refractivity contribution < 1.29 is 9.84 Å². The van der Waals surface area contributed by atoms with Crippen molar-refractivity contribution in [3.05, 3.63) is 35.3 Å². The van der Waals surface area contributed by atoms with Crippen molar-refractivity contribution in [2.75, 3.05) is 19.7 Å². The van der Waals surface area contributed by atoms with Gasteiger partial charge in [-0.1, -0.05) is 6.07 Å². The predicted molar refractivity (Wildman–Crippen MR) is 95.4 cm³/mol. The third-order valence-corrected chi connectivity index (χ3v) is 4.25. The fourth-order valence-corrected chi connectivity index (χ4v) is 2.99. The van der Waals surface area contributed by atoms with Gasteiger partial charge in [0.1, 0.15) is 17.4 Å². The van der Waals surface area contributed by atoms with E-state index >= 15 is 0 Å². The number of imidazole rings is 1. The van der Waals surface area contributed by atoms with Gasteiger partial charge in [0.15, 0.2) is 0 Å². The lowest BCUT2D eigenvalue weighted by atomic mass is 10.2. The van der Waals surface area contributed by atoms with E-state index in [1.165, 1.54) is 0 Å². The number of fused-ring (bicyclic) bond motifs is 1. The van der Waals surface area contributed by atoms with Gasteiger partial charge in [0, 0.05) is 13.6 Å². The molecule has 1 aromatic carbocycles. The molecule has 0 saturated heterocycles. The maximum absolute atomic E-state index is 10.4. The highest BCUT2D eigenvalue weighted by Gasteiger charge is 2.31. The van der Waals surface area contributed by atoms with Crippen molar-refractivity contribution >= 4 is 22.4 Å². The molecular weight excluding hydrogens is 304 g/mol. The average Bonchev–Trinajstić information content (AvgIpc) is 2.96. The van der Waals surface area contributed by atoms with Crippen molar-refractivity contribution in [1.82, 2.24) is 14.5 Å². The van der Waals surface area contributed by atoms with E-state index in [9.17, 15) is 5.11 Å². The van der Waals surface area contributed by atoms with Crippen LogP contribution >= 0.6 is 0 Å². The number of hydrogen-bond donors (Lipinski definition) is 2. The molecule has 1 aromatic heterocycles. The van der Waals surface area contributed by atoms with E-state index in [-0.39, 0.29) is 11.9 Å². The van der Waals surface area contributed by atoms with E-state index < -0.39 is 0 Å². The van der Waals surface area contributed by atoms with Crippen LogP contribution in [-0.2, 0) is 11.8 Å². The summed E-state index contributed by atoms with van der Waals surface area (Å²) in [4.78, 5) is 6.46. The molecule has 0 aliphatic carbocycles. The molecule has 0 spiro atoms. The zero-order valence-electron chi connectivity index (χ0n) is 14.6. The molecule has 2 heterocycles. The number of rotatable bonds is 5. The van der Waals surface area contributed by atoms with Gasteiger partial charge in [-0.15, -0.1) is 0 Å². The highest BCUT2D eigenvalue weighted by Crippen LogP contribution is 2.29. The van der Waals surface area contributed by atoms with E-state index in [0.717, 1.165) is 16.6 Å². The number of benzene rings is 1. The maximum Gasteiger partial charge on any atom is 0.148 e. The first-order valence-electron chi connectivity index (χ1n) is 8.19. The summed E-state index contributed by atoms with van der Waals surface area (Å²) in [7, 11) is 1.91. The van der Waals surface area contributed by atoms with Crippen molar-refractivity contribution in [2.24, 2.45) is 7.05 Å². The Kier molecular flexibility index (Phi) is 4.32. The van der Waals surface area contributed by atoms with E-state index in [0.29, 0.717) is 36.9 Å². The van der Waals surface area contributed by atoms with Crippen LogP contribution in [0.15, 0.2) is 24.0 Å². The molecule has 1 aliphatic heterocycles. The summed E-state index contributed by atoms with van der Waals surface area (Å²) in [6.07, 6.45) is 0.158. The molecule has 0 radical (unpaired) electrons. The highest BCUT2D eigenvalue weighted by atomic mass is 16.5. The van der Waals surface area contributed by atoms with Gasteiger partial charge in [0.2, 0.25) is 0 Å². The molecule has 6 nitrogen and oxygen atoms in total. The summed E-state index contributed by atoms with van der Waals surface area (Å²) < 4.78 is 7.49. The first-order chi connectivity index (χ1) is 11.4. The lowest BCUT2D eigenvalue weighted by Crippen LogP contribution is -2.31. The van der Waals surface area contributed by atoms with Gasteiger partial charge in [-0.25, -0.2) is 4.98 Å². The molecule has 0 bridgehead atoms. The van der Waals surface area contributed by atoms with Crippen LogP contribution in [0.25, 0.3) is 16.6 Å². The standard InChI is InChI=1S/C18H24N4O2/c1-11(2)24-8-7-22-10-15(23)16(17(22)19)18-20-13-9-12(3)5-6-14(13)21(18)4/h5-6,9,11,19,23H,7-8,10H2,1-4H3. The average molecular weight is 328 g/mol. The van der Waals surface area contributed by atoms with Gasteiger partial charge < -0.3 is 19.3 Å². The third-order valence-electron chi connectivity index (χ3n) is 4.25. The van der Waals surface area contributed by atoms with E-state index in [1.54, 1.807) is 0 Å². The topological polar surface area (TPSA) is 74.4 Å². The van der Waals surface area contributed by atoms with Gasteiger partial charge in [-0.3, -0.25) is 5.41 Å². The SMILES string of the molecule is Cc1ccc2c(c1)nc(C1=C(O)CN(CCOC(C)C)C1=N)n2C. The van der Waals surface area contributed by atoms with E-state index in [4.69, 9.17) is 10.1 Å². The summed E-state index contributed by atoms with van der Waals surface area (Å²) >= 11 is 0. The molecule has 0 fully saturated rings. The zero-order chi connectivity index (χ0) is 17.4. The van der Waals surface area contributed by atoms with Gasteiger partial charge >= 0.3 is 0 Å². The van der Waals surface area contributed by atoms with Gasteiger partial charge in [0.05, 0.1) is 35.9 Å². The predicted octanol–water partition coefficient (Wildman–Crippen LogP) is 2.87. The second kappa shape index (κ2) is 6.28. The number of ether oxygens (including phenoxy) is 1. The summed E-state index contributed by atoms with van der Waals surface area (Å²) in [5.41, 5.74) is 3.52. The molecule has 0 amide bonds. The third kappa shape index (κ3) is 2.89. The Balaban J connectivity index is 1.88. The number of hydrogen-bond acceptors (Lipinski definition) is 4. The highest BCUT2D eigenvalue weighted by molar-refractivity contribution is 6.23. The Labute approximate surface area is 141 Å². The zero-order valence-corrected chi connectivity index (χ0v) is 14.6. The van der Waals surface area contributed by atoms with Crippen molar-refractivity contribution in [3.63, 3.8) is 0 Å². The first kappa shape index (κ1) is 16.5. The second-order valence-corrected chi connectivity index (χ2v) is 6.50. The molecule has 0 atom stereocenters. The molecule has 1 aliphatic rings. The molecule has 2 aromatic rings. The van der Waals surface area contributed by atoms with Gasteiger partial charge in [0.25, 0.3) is 0 Å². The minimum atomic E-state index is 0.158. The maximum atomic E-state index is 10.4. The van der Waals surface area contributed by atoms with Crippen LogP contribution in [0.5, 0.6) is 0 Å². The quantitative estimate of drug-likeness (QED) is 0.885. The summed E-state index contributed by atoms with van der Waals surface area (Å²) in [5.74, 6) is 1.13. The Morgan fingerprint density at radius 1 is 1.38 bits per heavy atom. The fourth-order valence-electron chi connectivity index (χ4n) is 2.99. The Hall–Kier alpha value is -2.34. The van der Waals surface area contributed by atoms with Gasteiger partial charge in [-0.2, -0.15) is 0 Å². The molecule has 0 saturated carbocycles. The monoisotopic (exact) mass is 328 g/mol. The van der Waals surface area contributed by atoms with Crippen LogP contribution < -0.4 is 0 Å². The van der Waals surface area contributed by atoms with Crippen LogP contribution in [0.1, 0.15) is 25.2 Å². The number of aryl methyl sites for hydroxylation is 2. The molecule has 0 unspecified atom stereocenters. The summed E-state index contributed by atoms with van der Waals surface area (Å²) in [6, 6.07) is 6.08.